The van der Waals surface area contributed by atoms with Gasteiger partial charge in [-0.25, -0.2) is 9.59 Å². The molecule has 46 heavy (non-hydrogen) atoms. The summed E-state index contributed by atoms with van der Waals surface area (Å²) in [6.45, 7) is 8.17. The van der Waals surface area contributed by atoms with Crippen LogP contribution < -0.4 is 20.7 Å². The second-order valence-electron chi connectivity index (χ2n) is 12.3. The molecule has 3 amide bonds. The van der Waals surface area contributed by atoms with Crippen LogP contribution in [0.4, 0.5) is 9.59 Å². The van der Waals surface area contributed by atoms with Crippen LogP contribution in [-0.4, -0.2) is 118 Å². The van der Waals surface area contributed by atoms with Gasteiger partial charge in [0, 0.05) is 6.42 Å². The first kappa shape index (κ1) is 38.2. The third kappa shape index (κ3) is 13.5. The van der Waals surface area contributed by atoms with Crippen molar-refractivity contribution in [2.75, 3.05) is 19.7 Å². The van der Waals surface area contributed by atoms with Gasteiger partial charge in [-0.05, 0) is 59.2 Å². The zero-order valence-corrected chi connectivity index (χ0v) is 26.5. The molecular weight excluding hydrogens is 614 g/mol. The molecule has 1 aromatic carbocycles. The lowest BCUT2D eigenvalue weighted by Gasteiger charge is -2.37. The fourth-order valence-electron chi connectivity index (χ4n) is 3.77. The van der Waals surface area contributed by atoms with Crippen LogP contribution in [0.15, 0.2) is 24.3 Å². The van der Waals surface area contributed by atoms with Gasteiger partial charge in [0.05, 0.1) is 6.54 Å². The first-order chi connectivity index (χ1) is 21.2. The van der Waals surface area contributed by atoms with E-state index in [-0.39, 0.29) is 12.2 Å². The molecule has 7 N–H and O–H groups in total. The van der Waals surface area contributed by atoms with Crippen molar-refractivity contribution in [1.82, 2.24) is 16.0 Å². The van der Waals surface area contributed by atoms with Crippen molar-refractivity contribution in [3.63, 3.8) is 0 Å². The number of benzene rings is 1. The molecule has 1 fully saturated rings. The number of rotatable bonds is 11. The van der Waals surface area contributed by atoms with Gasteiger partial charge in [0.2, 0.25) is 11.8 Å². The lowest BCUT2D eigenvalue weighted by molar-refractivity contribution is -0.287. The molecule has 0 aliphatic carbocycles. The van der Waals surface area contributed by atoms with Crippen molar-refractivity contribution in [2.24, 2.45) is 0 Å². The molecule has 17 heteroatoms. The molecule has 0 unspecified atom stereocenters. The molecule has 0 aromatic heterocycles. The highest BCUT2D eigenvalue weighted by molar-refractivity contribution is 5.90. The second kappa shape index (κ2) is 16.5. The molecule has 0 bridgehead atoms. The maximum Gasteiger partial charge on any atom is 0.514 e. The molecule has 1 aliphatic heterocycles. The Balaban J connectivity index is 1.91. The number of carbonyl (C=O) groups is 5. The second-order valence-corrected chi connectivity index (χ2v) is 12.3. The van der Waals surface area contributed by atoms with Crippen LogP contribution in [0.1, 0.15) is 47.1 Å². The Morgan fingerprint density at radius 2 is 1.43 bits per heavy atom. The number of amides is 3. The Bertz CT molecular complexity index is 1210. The molecule has 0 saturated carbocycles. The van der Waals surface area contributed by atoms with E-state index in [0.717, 1.165) is 0 Å². The highest BCUT2D eigenvalue weighted by atomic mass is 16.7. The van der Waals surface area contributed by atoms with E-state index >= 15 is 0 Å². The van der Waals surface area contributed by atoms with Crippen molar-refractivity contribution < 1.29 is 68.1 Å². The highest BCUT2D eigenvalue weighted by Gasteiger charge is 2.43. The SMILES string of the molecule is CC(C)(C)OC(=O)N[C@@H](Cc1ccc(OC(=O)OC(C)(C)C)cc1)C(=O)NCC(=O)NCC(=O)OC[C@H]1O[C@H](O)[C@H](O)[C@@H](O)[C@@H]1O. The fraction of sp³-hybridized carbons (Fsp3) is 0.621. The summed E-state index contributed by atoms with van der Waals surface area (Å²) in [5.41, 5.74) is -1.05. The van der Waals surface area contributed by atoms with Gasteiger partial charge >= 0.3 is 18.2 Å². The predicted molar refractivity (Wildman–Crippen MR) is 156 cm³/mol. The Labute approximate surface area is 265 Å². The fourth-order valence-corrected chi connectivity index (χ4v) is 3.77. The Morgan fingerprint density at radius 3 is 2.02 bits per heavy atom. The largest absolute Gasteiger partial charge is 0.514 e. The molecular formula is C29H43N3O14. The van der Waals surface area contributed by atoms with Gasteiger partial charge in [-0.3, -0.25) is 14.4 Å². The van der Waals surface area contributed by atoms with Crippen LogP contribution in [0, 0.1) is 0 Å². The number of esters is 1. The van der Waals surface area contributed by atoms with Crippen LogP contribution in [-0.2, 0) is 39.8 Å². The smallest absolute Gasteiger partial charge is 0.461 e. The third-order valence-corrected chi connectivity index (χ3v) is 5.91. The first-order valence-corrected chi connectivity index (χ1v) is 14.3. The van der Waals surface area contributed by atoms with Crippen LogP contribution in [0.3, 0.4) is 0 Å². The molecule has 1 aliphatic rings. The monoisotopic (exact) mass is 657 g/mol. The number of alkyl carbamates (subject to hydrolysis) is 1. The van der Waals surface area contributed by atoms with Crippen LogP contribution in [0.2, 0.25) is 0 Å². The summed E-state index contributed by atoms with van der Waals surface area (Å²) in [6, 6.07) is 4.88. The molecule has 0 radical (unpaired) electrons. The average molecular weight is 658 g/mol. The van der Waals surface area contributed by atoms with Crippen LogP contribution in [0.25, 0.3) is 0 Å². The Morgan fingerprint density at radius 1 is 0.826 bits per heavy atom. The molecule has 17 nitrogen and oxygen atoms in total. The van der Waals surface area contributed by atoms with E-state index in [9.17, 15) is 44.4 Å². The van der Waals surface area contributed by atoms with E-state index < -0.39 is 97.7 Å². The minimum Gasteiger partial charge on any atom is -0.461 e. The van der Waals surface area contributed by atoms with Crippen LogP contribution in [0.5, 0.6) is 5.75 Å². The number of nitrogens with one attached hydrogen (secondary N) is 3. The number of ether oxygens (including phenoxy) is 5. The maximum absolute atomic E-state index is 13.0. The topological polar surface area (TPSA) is 249 Å². The molecule has 1 saturated heterocycles. The van der Waals surface area contributed by atoms with Crippen molar-refractivity contribution in [3.05, 3.63) is 29.8 Å². The van der Waals surface area contributed by atoms with Crippen molar-refractivity contribution in [3.8, 4) is 5.75 Å². The average Bonchev–Trinajstić information content (AvgIpc) is 2.93. The zero-order valence-electron chi connectivity index (χ0n) is 26.5. The molecule has 0 spiro atoms. The lowest BCUT2D eigenvalue weighted by atomic mass is 9.99. The number of hydrogen-bond donors (Lipinski definition) is 7. The maximum atomic E-state index is 13.0. The van der Waals surface area contributed by atoms with Gasteiger partial charge < -0.3 is 60.1 Å². The molecule has 1 heterocycles. The van der Waals surface area contributed by atoms with E-state index in [4.69, 9.17) is 23.7 Å². The Hall–Kier alpha value is -4.03. The molecule has 1 aromatic rings. The minimum atomic E-state index is -1.81. The summed E-state index contributed by atoms with van der Waals surface area (Å²) in [5, 5.41) is 45.7. The van der Waals surface area contributed by atoms with Crippen molar-refractivity contribution >= 4 is 30.0 Å². The van der Waals surface area contributed by atoms with E-state index in [1.54, 1.807) is 53.7 Å². The van der Waals surface area contributed by atoms with E-state index in [2.05, 4.69) is 16.0 Å². The number of carbonyl (C=O) groups excluding carboxylic acids is 5. The third-order valence-electron chi connectivity index (χ3n) is 5.91. The van der Waals surface area contributed by atoms with Crippen molar-refractivity contribution in [1.29, 1.82) is 0 Å². The number of aliphatic hydroxyl groups is 4. The quantitative estimate of drug-likeness (QED) is 0.0858. The molecule has 2 rings (SSSR count). The summed E-state index contributed by atoms with van der Waals surface area (Å²) in [5.74, 6) is -2.31. The predicted octanol–water partition coefficient (Wildman–Crippen LogP) is -0.988. The van der Waals surface area contributed by atoms with Gasteiger partial charge in [0.15, 0.2) is 6.29 Å². The summed E-state index contributed by atoms with van der Waals surface area (Å²) in [4.78, 5) is 61.6. The van der Waals surface area contributed by atoms with Gasteiger partial charge in [-0.2, -0.15) is 0 Å². The van der Waals surface area contributed by atoms with Gasteiger partial charge in [0.25, 0.3) is 0 Å². The Kier molecular flexibility index (Phi) is 13.7. The van der Waals surface area contributed by atoms with Gasteiger partial charge in [-0.1, -0.05) is 12.1 Å². The summed E-state index contributed by atoms with van der Waals surface area (Å²) in [7, 11) is 0. The number of aliphatic hydroxyl groups excluding tert-OH is 4. The standard InChI is InChI=1S/C29H43N3O14/c1-28(2,3)45-26(40)32-17(11-15-7-9-16(10-8-15)43-27(41)46-29(4,5)6)24(38)31-12-19(33)30-13-20(34)42-14-18-21(35)22(36)23(37)25(39)44-18/h7-10,17-18,21-23,25,35-37,39H,11-14H2,1-6H3,(H,30,33)(H,31,38)(H,32,40)/t17-,18+,21+,22-,23+,25-/m0/s1. The van der Waals surface area contributed by atoms with Gasteiger partial charge in [0.1, 0.15) is 60.6 Å². The summed E-state index contributed by atoms with van der Waals surface area (Å²) < 4.78 is 25.3. The molecule has 258 valence electrons. The van der Waals surface area contributed by atoms with Crippen molar-refractivity contribution in [2.45, 2.75) is 95.9 Å². The normalized spacial score (nSPS) is 22.1. The highest BCUT2D eigenvalue weighted by Crippen LogP contribution is 2.20. The summed E-state index contributed by atoms with van der Waals surface area (Å²) >= 11 is 0. The molecule has 6 atom stereocenters. The van der Waals surface area contributed by atoms with E-state index in [1.165, 1.54) is 12.1 Å². The lowest BCUT2D eigenvalue weighted by Crippen LogP contribution is -2.58. The number of hydrogen-bond acceptors (Lipinski definition) is 14. The summed E-state index contributed by atoms with van der Waals surface area (Å²) in [6.07, 6.45) is -10.1. The minimum absolute atomic E-state index is 0.0404. The first-order valence-electron chi connectivity index (χ1n) is 14.3. The van der Waals surface area contributed by atoms with Crippen LogP contribution >= 0.6 is 0 Å². The van der Waals surface area contributed by atoms with Gasteiger partial charge in [-0.15, -0.1) is 0 Å². The zero-order chi connectivity index (χ0) is 34.8. The van der Waals surface area contributed by atoms with E-state index in [1.807, 2.05) is 0 Å². The van der Waals surface area contributed by atoms with E-state index in [0.29, 0.717) is 5.56 Å².